The Bertz CT molecular complexity index is 1580. The van der Waals surface area contributed by atoms with Crippen molar-refractivity contribution in [3.8, 4) is 5.69 Å². The van der Waals surface area contributed by atoms with E-state index in [1.54, 1.807) is 10.9 Å². The van der Waals surface area contributed by atoms with Gasteiger partial charge in [-0.25, -0.2) is 14.5 Å². The zero-order valence-electron chi connectivity index (χ0n) is 25.9. The van der Waals surface area contributed by atoms with Crippen molar-refractivity contribution in [3.63, 3.8) is 0 Å². The summed E-state index contributed by atoms with van der Waals surface area (Å²) in [5, 5.41) is 18.2. The summed E-state index contributed by atoms with van der Waals surface area (Å²) in [6.07, 6.45) is 4.44. The normalized spacial score (nSPS) is 16.2. The van der Waals surface area contributed by atoms with E-state index in [9.17, 15) is 9.59 Å². The molecule has 2 amide bonds. The molecule has 2 atom stereocenters. The molecule has 1 aliphatic heterocycles. The van der Waals surface area contributed by atoms with Crippen LogP contribution in [0.3, 0.4) is 0 Å². The molecule has 0 aliphatic carbocycles. The minimum Gasteiger partial charge on any atom is -0.444 e. The zero-order valence-corrected chi connectivity index (χ0v) is 25.9. The minimum atomic E-state index is -0.546. The maximum atomic E-state index is 12.6. The van der Waals surface area contributed by atoms with Gasteiger partial charge in [-0.15, -0.1) is 5.10 Å². The Hall–Kier alpha value is -4.77. The number of para-hydroxylation sites is 1. The maximum Gasteiger partial charge on any atom is 0.412 e. The Labute approximate surface area is 258 Å². The molecule has 0 radical (unpaired) electrons. The van der Waals surface area contributed by atoms with Gasteiger partial charge in [0.1, 0.15) is 11.4 Å². The molecule has 0 unspecified atom stereocenters. The van der Waals surface area contributed by atoms with Gasteiger partial charge >= 0.3 is 6.09 Å². The van der Waals surface area contributed by atoms with Gasteiger partial charge in [-0.2, -0.15) is 0 Å². The van der Waals surface area contributed by atoms with Crippen molar-refractivity contribution >= 4 is 29.2 Å². The van der Waals surface area contributed by atoms with Crippen molar-refractivity contribution in [2.24, 2.45) is 0 Å². The third-order valence-electron chi connectivity index (χ3n) is 7.27. The van der Waals surface area contributed by atoms with E-state index in [4.69, 9.17) is 4.74 Å². The molecule has 11 nitrogen and oxygen atoms in total. The van der Waals surface area contributed by atoms with Crippen LogP contribution in [0.2, 0.25) is 0 Å². The smallest absolute Gasteiger partial charge is 0.412 e. The van der Waals surface area contributed by atoms with E-state index >= 15 is 0 Å². The van der Waals surface area contributed by atoms with Crippen molar-refractivity contribution in [1.29, 1.82) is 0 Å². The van der Waals surface area contributed by atoms with Crippen molar-refractivity contribution < 1.29 is 14.3 Å². The molecular formula is C33H40N8O3. The first-order valence-electron chi connectivity index (χ1n) is 14.9. The highest BCUT2D eigenvalue weighted by Gasteiger charge is 2.33. The third-order valence-corrected chi connectivity index (χ3v) is 7.27. The molecule has 3 heterocycles. The van der Waals surface area contributed by atoms with Crippen LogP contribution in [0.5, 0.6) is 0 Å². The average Bonchev–Trinajstić information content (AvgIpc) is 3.46. The predicted molar refractivity (Wildman–Crippen MR) is 171 cm³/mol. The van der Waals surface area contributed by atoms with Crippen molar-refractivity contribution in [2.75, 3.05) is 15.5 Å². The molecule has 2 aromatic carbocycles. The van der Waals surface area contributed by atoms with Crippen LogP contribution in [0, 0.1) is 0 Å². The lowest BCUT2D eigenvalue weighted by Crippen LogP contribution is -2.44. The minimum absolute atomic E-state index is 0.0435. The van der Waals surface area contributed by atoms with Gasteiger partial charge in [-0.1, -0.05) is 42.5 Å². The van der Waals surface area contributed by atoms with Crippen LogP contribution in [0.25, 0.3) is 5.69 Å². The van der Waals surface area contributed by atoms with Crippen LogP contribution < -0.4 is 20.9 Å². The number of benzene rings is 2. The number of ether oxygens (including phenoxy) is 1. The summed E-state index contributed by atoms with van der Waals surface area (Å²) in [5.41, 5.74) is 4.86. The first-order chi connectivity index (χ1) is 21.1. The Morgan fingerprint density at radius 1 is 1.02 bits per heavy atom. The van der Waals surface area contributed by atoms with Gasteiger partial charge in [0.2, 0.25) is 5.91 Å². The van der Waals surface area contributed by atoms with E-state index in [2.05, 4.69) is 44.2 Å². The van der Waals surface area contributed by atoms with Gasteiger partial charge in [0.15, 0.2) is 0 Å². The topological polar surface area (TPSA) is 126 Å². The molecule has 5 rings (SSSR count). The molecule has 4 aromatic rings. The van der Waals surface area contributed by atoms with Crippen LogP contribution in [-0.2, 0) is 22.6 Å². The van der Waals surface area contributed by atoms with Gasteiger partial charge in [-0.3, -0.25) is 10.1 Å². The lowest BCUT2D eigenvalue weighted by molar-refractivity contribution is -0.118. The Morgan fingerprint density at radius 2 is 1.80 bits per heavy atom. The standard InChI is InChI=1S/C33H40N8O3/c1-6-31(42)41-22(2)17-28(27-9-7-8-10-29(27)41)37-30-16-15-26(20-35-30)40-21-25(38-39-40)19-34-18-23-11-13-24(14-12-23)36-32(43)44-33(3,4)5/h7-16,20-22,28,34H,6,17-19H2,1-5H3,(H,35,37)(H,36,43)/t22-,28+/m0/s1. The molecule has 230 valence electrons. The lowest BCUT2D eigenvalue weighted by Gasteiger charge is -2.39. The molecule has 11 heteroatoms. The summed E-state index contributed by atoms with van der Waals surface area (Å²) in [6.45, 7) is 10.7. The first-order valence-corrected chi connectivity index (χ1v) is 14.9. The van der Waals surface area contributed by atoms with E-state index in [1.807, 2.05) is 93.4 Å². The molecule has 0 saturated heterocycles. The molecule has 44 heavy (non-hydrogen) atoms. The first kappa shape index (κ1) is 30.7. The molecule has 2 aromatic heterocycles. The monoisotopic (exact) mass is 596 g/mol. The van der Waals surface area contributed by atoms with E-state index in [-0.39, 0.29) is 18.0 Å². The predicted octanol–water partition coefficient (Wildman–Crippen LogP) is 5.99. The molecule has 3 N–H and O–H groups in total. The molecule has 1 aliphatic rings. The number of rotatable bonds is 9. The van der Waals surface area contributed by atoms with Gasteiger partial charge in [0.05, 0.1) is 29.8 Å². The van der Waals surface area contributed by atoms with E-state index in [0.717, 1.165) is 40.4 Å². The lowest BCUT2D eigenvalue weighted by atomic mass is 9.91. The zero-order chi connectivity index (χ0) is 31.3. The quantitative estimate of drug-likeness (QED) is 0.215. The highest BCUT2D eigenvalue weighted by Crippen LogP contribution is 2.39. The molecular weight excluding hydrogens is 556 g/mol. The number of aromatic nitrogens is 4. The second kappa shape index (κ2) is 13.3. The van der Waals surface area contributed by atoms with Crippen LogP contribution in [0.15, 0.2) is 73.1 Å². The summed E-state index contributed by atoms with van der Waals surface area (Å²) in [4.78, 5) is 31.2. The van der Waals surface area contributed by atoms with Gasteiger partial charge in [0.25, 0.3) is 0 Å². The van der Waals surface area contributed by atoms with Gasteiger partial charge in [0, 0.05) is 36.9 Å². The number of carbonyl (C=O) groups excluding carboxylic acids is 2. The van der Waals surface area contributed by atoms with Gasteiger partial charge < -0.3 is 20.3 Å². The van der Waals surface area contributed by atoms with E-state index in [1.165, 1.54) is 0 Å². The third kappa shape index (κ3) is 7.59. The van der Waals surface area contributed by atoms with Crippen molar-refractivity contribution in [3.05, 3.63) is 89.9 Å². The van der Waals surface area contributed by atoms with Crippen LogP contribution in [0.4, 0.5) is 22.0 Å². The number of fused-ring (bicyclic) bond motifs is 1. The fourth-order valence-corrected chi connectivity index (χ4v) is 5.25. The number of amides is 2. The van der Waals surface area contributed by atoms with Crippen LogP contribution >= 0.6 is 0 Å². The fourth-order valence-electron chi connectivity index (χ4n) is 5.25. The van der Waals surface area contributed by atoms with Crippen molar-refractivity contribution in [2.45, 2.75) is 78.2 Å². The number of nitrogens with one attached hydrogen (secondary N) is 3. The highest BCUT2D eigenvalue weighted by molar-refractivity contribution is 5.95. The fraction of sp³-hybridized carbons (Fsp3) is 0.364. The van der Waals surface area contributed by atoms with Crippen LogP contribution in [-0.4, -0.2) is 43.6 Å². The summed E-state index contributed by atoms with van der Waals surface area (Å²) in [5.74, 6) is 0.891. The van der Waals surface area contributed by atoms with Crippen molar-refractivity contribution in [1.82, 2.24) is 25.3 Å². The second-order valence-corrected chi connectivity index (χ2v) is 11.9. The molecule has 0 bridgehead atoms. The SMILES string of the molecule is CCC(=O)N1c2ccccc2[C@H](Nc2ccc(-n3cc(CNCc4ccc(NC(=O)OC(C)(C)C)cc4)nn3)cn2)C[C@@H]1C. The average molecular weight is 597 g/mol. The van der Waals surface area contributed by atoms with Gasteiger partial charge in [-0.05, 0) is 75.6 Å². The molecule has 0 saturated carbocycles. The summed E-state index contributed by atoms with van der Waals surface area (Å²) in [6, 6.07) is 19.7. The number of carbonyl (C=O) groups is 2. The maximum absolute atomic E-state index is 12.6. The number of anilines is 3. The number of hydrogen-bond acceptors (Lipinski definition) is 8. The second-order valence-electron chi connectivity index (χ2n) is 11.9. The Balaban J connectivity index is 1.14. The number of pyridine rings is 1. The van der Waals surface area contributed by atoms with E-state index < -0.39 is 11.7 Å². The Kier molecular flexibility index (Phi) is 9.24. The Morgan fingerprint density at radius 3 is 2.50 bits per heavy atom. The van der Waals surface area contributed by atoms with Crippen LogP contribution in [0.1, 0.15) is 70.3 Å². The summed E-state index contributed by atoms with van der Waals surface area (Å²) < 4.78 is 6.99. The molecule has 0 spiro atoms. The largest absolute Gasteiger partial charge is 0.444 e. The number of hydrogen-bond donors (Lipinski definition) is 3. The number of nitrogens with zero attached hydrogens (tertiary/aromatic N) is 5. The summed E-state index contributed by atoms with van der Waals surface area (Å²) >= 11 is 0. The van der Waals surface area contributed by atoms with E-state index in [0.29, 0.717) is 25.2 Å². The highest BCUT2D eigenvalue weighted by atomic mass is 16.6. The molecule has 0 fully saturated rings. The summed E-state index contributed by atoms with van der Waals surface area (Å²) in [7, 11) is 0.